The molecule has 0 fully saturated rings. The summed E-state index contributed by atoms with van der Waals surface area (Å²) < 4.78 is 0. The van der Waals surface area contributed by atoms with Gasteiger partial charge in [-0.15, -0.1) is 0 Å². The van der Waals surface area contributed by atoms with Crippen LogP contribution in [0, 0.1) is 6.92 Å². The summed E-state index contributed by atoms with van der Waals surface area (Å²) >= 11 is 0. The fourth-order valence-corrected chi connectivity index (χ4v) is 2.58. The lowest BCUT2D eigenvalue weighted by Gasteiger charge is -2.12. The molecule has 1 aromatic heterocycles. The molecule has 0 aliphatic heterocycles. The van der Waals surface area contributed by atoms with E-state index in [2.05, 4.69) is 10.3 Å². The summed E-state index contributed by atoms with van der Waals surface area (Å²) in [5, 5.41) is 13.9. The maximum absolute atomic E-state index is 12.1. The molecule has 122 valence electrons. The van der Waals surface area contributed by atoms with Crippen LogP contribution in [0.4, 0.5) is 0 Å². The highest BCUT2D eigenvalue weighted by molar-refractivity contribution is 5.82. The standard InChI is InChI=1S/C20H20N2O2/c1-14-6-8-16(9-7-14)19(23)13-22-20(24)11-15-10-17-4-2-3-5-18(17)21-12-15/h2-10,12,19,23H,11,13H2,1H3,(H,22,24)/t19-/m0/s1. The number of aryl methyl sites for hydroxylation is 1. The highest BCUT2D eigenvalue weighted by Crippen LogP contribution is 2.14. The van der Waals surface area contributed by atoms with Gasteiger partial charge in [-0.05, 0) is 30.2 Å². The van der Waals surface area contributed by atoms with Gasteiger partial charge in [-0.2, -0.15) is 0 Å². The predicted octanol–water partition coefficient (Wildman–Crippen LogP) is 2.94. The second kappa shape index (κ2) is 7.23. The Bertz CT molecular complexity index is 844. The van der Waals surface area contributed by atoms with Crippen LogP contribution in [0.5, 0.6) is 0 Å². The second-order valence-electron chi connectivity index (χ2n) is 5.94. The molecule has 0 aliphatic rings. The topological polar surface area (TPSA) is 62.2 Å². The highest BCUT2D eigenvalue weighted by atomic mass is 16.3. The number of pyridine rings is 1. The molecule has 3 rings (SSSR count). The molecule has 1 heterocycles. The van der Waals surface area contributed by atoms with E-state index in [9.17, 15) is 9.90 Å². The van der Waals surface area contributed by atoms with Crippen molar-refractivity contribution in [2.75, 3.05) is 6.54 Å². The number of hydrogen-bond acceptors (Lipinski definition) is 3. The number of carbonyl (C=O) groups excluding carboxylic acids is 1. The van der Waals surface area contributed by atoms with E-state index < -0.39 is 6.10 Å². The Balaban J connectivity index is 1.57. The fourth-order valence-electron chi connectivity index (χ4n) is 2.58. The minimum atomic E-state index is -0.704. The number of aliphatic hydroxyl groups excluding tert-OH is 1. The molecule has 0 radical (unpaired) electrons. The van der Waals surface area contributed by atoms with E-state index in [1.54, 1.807) is 6.20 Å². The van der Waals surface area contributed by atoms with E-state index in [1.165, 1.54) is 0 Å². The fraction of sp³-hybridized carbons (Fsp3) is 0.200. The summed E-state index contributed by atoms with van der Waals surface area (Å²) in [6.07, 6.45) is 1.26. The molecule has 3 aromatic rings. The van der Waals surface area contributed by atoms with E-state index in [0.717, 1.165) is 27.6 Å². The van der Waals surface area contributed by atoms with Gasteiger partial charge in [0.2, 0.25) is 5.91 Å². The van der Waals surface area contributed by atoms with Gasteiger partial charge in [0, 0.05) is 18.1 Å². The Morgan fingerprint density at radius 3 is 2.71 bits per heavy atom. The van der Waals surface area contributed by atoms with E-state index in [4.69, 9.17) is 0 Å². The van der Waals surface area contributed by atoms with Crippen molar-refractivity contribution < 1.29 is 9.90 Å². The van der Waals surface area contributed by atoms with Gasteiger partial charge in [0.15, 0.2) is 0 Å². The number of fused-ring (bicyclic) bond motifs is 1. The third-order valence-corrected chi connectivity index (χ3v) is 3.97. The SMILES string of the molecule is Cc1ccc([C@@H](O)CNC(=O)Cc2cnc3ccccc3c2)cc1. The molecule has 2 aromatic carbocycles. The lowest BCUT2D eigenvalue weighted by atomic mass is 10.1. The largest absolute Gasteiger partial charge is 0.387 e. The van der Waals surface area contributed by atoms with Gasteiger partial charge in [0.25, 0.3) is 0 Å². The lowest BCUT2D eigenvalue weighted by Crippen LogP contribution is -2.29. The zero-order chi connectivity index (χ0) is 16.9. The zero-order valence-electron chi connectivity index (χ0n) is 13.6. The van der Waals surface area contributed by atoms with Gasteiger partial charge >= 0.3 is 0 Å². The highest BCUT2D eigenvalue weighted by Gasteiger charge is 2.10. The molecule has 0 spiro atoms. The number of hydrogen-bond donors (Lipinski definition) is 2. The van der Waals surface area contributed by atoms with E-state index in [0.29, 0.717) is 0 Å². The Morgan fingerprint density at radius 1 is 1.17 bits per heavy atom. The van der Waals surface area contributed by atoms with Crippen LogP contribution in [0.2, 0.25) is 0 Å². The van der Waals surface area contributed by atoms with Crippen LogP contribution in [-0.4, -0.2) is 22.5 Å². The molecule has 0 aliphatic carbocycles. The minimum Gasteiger partial charge on any atom is -0.387 e. The number of amides is 1. The summed E-state index contributed by atoms with van der Waals surface area (Å²) in [6.45, 7) is 2.19. The Labute approximate surface area is 141 Å². The third-order valence-electron chi connectivity index (χ3n) is 3.97. The van der Waals surface area contributed by atoms with E-state index in [1.807, 2.05) is 61.5 Å². The Hall–Kier alpha value is -2.72. The number of carbonyl (C=O) groups is 1. The monoisotopic (exact) mass is 320 g/mol. The van der Waals surface area contributed by atoms with Crippen LogP contribution in [0.1, 0.15) is 22.8 Å². The summed E-state index contributed by atoms with van der Waals surface area (Å²) in [4.78, 5) is 16.4. The number of nitrogens with zero attached hydrogens (tertiary/aromatic N) is 1. The molecule has 1 atom stereocenters. The molecule has 0 unspecified atom stereocenters. The van der Waals surface area contributed by atoms with Crippen LogP contribution < -0.4 is 5.32 Å². The van der Waals surface area contributed by atoms with Gasteiger partial charge in [-0.1, -0.05) is 48.0 Å². The summed E-state index contributed by atoms with van der Waals surface area (Å²) in [5.41, 5.74) is 3.71. The zero-order valence-corrected chi connectivity index (χ0v) is 13.6. The first kappa shape index (κ1) is 16.1. The maximum atomic E-state index is 12.1. The van der Waals surface area contributed by atoms with Crippen LogP contribution in [0.3, 0.4) is 0 Å². The smallest absolute Gasteiger partial charge is 0.224 e. The number of aliphatic hydroxyl groups is 1. The van der Waals surface area contributed by atoms with Gasteiger partial charge in [-0.3, -0.25) is 9.78 Å². The van der Waals surface area contributed by atoms with E-state index in [-0.39, 0.29) is 18.9 Å². The quantitative estimate of drug-likeness (QED) is 0.760. The van der Waals surface area contributed by atoms with Crippen molar-refractivity contribution >= 4 is 16.8 Å². The maximum Gasteiger partial charge on any atom is 0.224 e. The summed E-state index contributed by atoms with van der Waals surface area (Å²) in [7, 11) is 0. The van der Waals surface area contributed by atoms with Crippen molar-refractivity contribution in [1.82, 2.24) is 10.3 Å². The third kappa shape index (κ3) is 3.97. The van der Waals surface area contributed by atoms with Gasteiger partial charge in [0.1, 0.15) is 0 Å². The Kier molecular flexibility index (Phi) is 4.87. The average Bonchev–Trinajstić information content (AvgIpc) is 2.60. The molecule has 0 saturated heterocycles. The summed E-state index contributed by atoms with van der Waals surface area (Å²) in [6, 6.07) is 17.4. The van der Waals surface area contributed by atoms with Crippen LogP contribution in [-0.2, 0) is 11.2 Å². The number of rotatable bonds is 5. The molecule has 24 heavy (non-hydrogen) atoms. The van der Waals surface area contributed by atoms with Crippen molar-refractivity contribution in [3.05, 3.63) is 77.5 Å². The number of aromatic nitrogens is 1. The molecule has 1 amide bonds. The molecular weight excluding hydrogens is 300 g/mol. The molecule has 0 bridgehead atoms. The lowest BCUT2D eigenvalue weighted by molar-refractivity contribution is -0.120. The first-order chi connectivity index (χ1) is 11.6. The van der Waals surface area contributed by atoms with Crippen LogP contribution >= 0.6 is 0 Å². The van der Waals surface area contributed by atoms with Crippen molar-refractivity contribution in [2.45, 2.75) is 19.4 Å². The van der Waals surface area contributed by atoms with Crippen molar-refractivity contribution in [3.8, 4) is 0 Å². The second-order valence-corrected chi connectivity index (χ2v) is 5.94. The number of para-hydroxylation sites is 1. The van der Waals surface area contributed by atoms with Crippen molar-refractivity contribution in [2.24, 2.45) is 0 Å². The molecular formula is C20H20N2O2. The van der Waals surface area contributed by atoms with Crippen LogP contribution in [0.25, 0.3) is 10.9 Å². The van der Waals surface area contributed by atoms with Gasteiger partial charge < -0.3 is 10.4 Å². The molecule has 0 saturated carbocycles. The minimum absolute atomic E-state index is 0.127. The van der Waals surface area contributed by atoms with Gasteiger partial charge in [0.05, 0.1) is 18.0 Å². The average molecular weight is 320 g/mol. The predicted molar refractivity (Wildman–Crippen MR) is 94.6 cm³/mol. The first-order valence-corrected chi connectivity index (χ1v) is 7.97. The first-order valence-electron chi connectivity index (χ1n) is 7.97. The van der Waals surface area contributed by atoms with Crippen molar-refractivity contribution in [1.29, 1.82) is 0 Å². The number of nitrogens with one attached hydrogen (secondary N) is 1. The van der Waals surface area contributed by atoms with Crippen LogP contribution in [0.15, 0.2) is 60.8 Å². The molecule has 4 nitrogen and oxygen atoms in total. The molecule has 4 heteroatoms. The van der Waals surface area contributed by atoms with Gasteiger partial charge in [-0.25, -0.2) is 0 Å². The number of benzene rings is 2. The van der Waals surface area contributed by atoms with Crippen molar-refractivity contribution in [3.63, 3.8) is 0 Å². The van der Waals surface area contributed by atoms with E-state index >= 15 is 0 Å². The normalized spacial score (nSPS) is 12.1. The summed E-state index contributed by atoms with van der Waals surface area (Å²) in [5.74, 6) is -0.127. The molecule has 2 N–H and O–H groups in total. The Morgan fingerprint density at radius 2 is 1.92 bits per heavy atom.